The van der Waals surface area contributed by atoms with Crippen molar-refractivity contribution in [1.82, 2.24) is 10.3 Å². The van der Waals surface area contributed by atoms with Crippen LogP contribution in [0.3, 0.4) is 0 Å². The van der Waals surface area contributed by atoms with Gasteiger partial charge in [0.25, 0.3) is 5.91 Å². The van der Waals surface area contributed by atoms with E-state index in [4.69, 9.17) is 5.11 Å². The van der Waals surface area contributed by atoms with Gasteiger partial charge in [-0.05, 0) is 50.8 Å². The molecule has 1 aromatic heterocycles. The Labute approximate surface area is 138 Å². The highest BCUT2D eigenvalue weighted by Crippen LogP contribution is 2.25. The number of halogens is 1. The van der Waals surface area contributed by atoms with E-state index in [2.05, 4.69) is 10.3 Å². The lowest BCUT2D eigenvalue weighted by Crippen LogP contribution is -2.39. The second-order valence-corrected chi connectivity index (χ2v) is 6.32. The topological polar surface area (TPSA) is 79.3 Å². The quantitative estimate of drug-likeness (QED) is 0.906. The number of aryl methyl sites for hydroxylation is 1. The molecule has 0 spiro atoms. The summed E-state index contributed by atoms with van der Waals surface area (Å²) in [7, 11) is 0. The maximum atomic E-state index is 13.3. The molecule has 24 heavy (non-hydrogen) atoms. The number of benzene rings is 1. The molecule has 0 aliphatic heterocycles. The second-order valence-electron chi connectivity index (χ2n) is 6.32. The molecule has 1 aliphatic carbocycles. The summed E-state index contributed by atoms with van der Waals surface area (Å²) in [5.74, 6) is -1.65. The second kappa shape index (κ2) is 6.55. The van der Waals surface area contributed by atoms with Crippen molar-refractivity contribution in [1.29, 1.82) is 0 Å². The first-order valence-electron chi connectivity index (χ1n) is 8.04. The number of fused-ring (bicyclic) bond motifs is 1. The molecule has 1 saturated carbocycles. The molecule has 2 N–H and O–H groups in total. The first kappa shape index (κ1) is 16.4. The number of aromatic nitrogens is 1. The normalized spacial score (nSPS) is 20.8. The maximum absolute atomic E-state index is 13.3. The van der Waals surface area contributed by atoms with Crippen molar-refractivity contribution in [2.45, 2.75) is 38.6 Å². The number of nitrogens with one attached hydrogen (secondary N) is 1. The highest BCUT2D eigenvalue weighted by Gasteiger charge is 2.27. The van der Waals surface area contributed by atoms with E-state index in [0.29, 0.717) is 47.8 Å². The van der Waals surface area contributed by atoms with Crippen molar-refractivity contribution in [2.24, 2.45) is 5.92 Å². The lowest BCUT2D eigenvalue weighted by molar-refractivity contribution is -0.142. The number of carboxylic acids is 1. The first-order chi connectivity index (χ1) is 11.4. The molecule has 1 amide bonds. The maximum Gasteiger partial charge on any atom is 0.306 e. The minimum atomic E-state index is -0.762. The number of aliphatic carboxylic acids is 1. The molecule has 0 bridgehead atoms. The van der Waals surface area contributed by atoms with Crippen LogP contribution in [-0.4, -0.2) is 28.0 Å². The van der Waals surface area contributed by atoms with Crippen molar-refractivity contribution in [3.8, 4) is 0 Å². The van der Waals surface area contributed by atoms with Crippen LogP contribution in [0, 0.1) is 18.7 Å². The summed E-state index contributed by atoms with van der Waals surface area (Å²) in [6, 6.07) is 5.99. The van der Waals surface area contributed by atoms with E-state index >= 15 is 0 Å². The largest absolute Gasteiger partial charge is 0.481 e. The molecule has 1 heterocycles. The van der Waals surface area contributed by atoms with Gasteiger partial charge in [0.05, 0.1) is 22.7 Å². The lowest BCUT2D eigenvalue weighted by atomic mass is 9.86. The number of carbonyl (C=O) groups is 2. The molecule has 1 aromatic carbocycles. The highest BCUT2D eigenvalue weighted by molar-refractivity contribution is 5.98. The highest BCUT2D eigenvalue weighted by atomic mass is 19.1. The smallest absolute Gasteiger partial charge is 0.306 e. The predicted octanol–water partition coefficient (Wildman–Crippen LogP) is 3.06. The Morgan fingerprint density at radius 2 is 1.92 bits per heavy atom. The number of carbonyl (C=O) groups excluding carboxylic acids is 1. The average Bonchev–Trinajstić information content (AvgIpc) is 2.54. The molecule has 1 fully saturated rings. The molecule has 2 aromatic rings. The number of hydrogen-bond donors (Lipinski definition) is 2. The lowest BCUT2D eigenvalue weighted by Gasteiger charge is -2.27. The number of pyridine rings is 1. The standard InChI is InChI=1S/C18H19FN2O3/c1-10-15(8-12-2-5-13(19)9-16(12)20-10)17(22)21-14-6-3-11(4-7-14)18(23)24/h2,5,8-9,11,14H,3-4,6-7H2,1H3,(H,21,22)(H,23,24). The Hall–Kier alpha value is -2.50. The predicted molar refractivity (Wildman–Crippen MR) is 87.3 cm³/mol. The molecule has 126 valence electrons. The monoisotopic (exact) mass is 330 g/mol. The van der Waals surface area contributed by atoms with E-state index in [-0.39, 0.29) is 23.7 Å². The average molecular weight is 330 g/mol. The molecule has 3 rings (SSSR count). The number of rotatable bonds is 3. The number of carboxylic acid groups (broad SMARTS) is 1. The Morgan fingerprint density at radius 3 is 2.58 bits per heavy atom. The van der Waals surface area contributed by atoms with Crippen molar-refractivity contribution in [3.05, 3.63) is 41.3 Å². The molecule has 5 nitrogen and oxygen atoms in total. The zero-order valence-electron chi connectivity index (χ0n) is 13.4. The minimum absolute atomic E-state index is 0.0172. The van der Waals surface area contributed by atoms with E-state index in [9.17, 15) is 14.0 Å². The molecule has 0 radical (unpaired) electrons. The summed E-state index contributed by atoms with van der Waals surface area (Å²) in [5, 5.41) is 12.7. The van der Waals surface area contributed by atoms with Gasteiger partial charge in [0.1, 0.15) is 5.82 Å². The molecule has 6 heteroatoms. The van der Waals surface area contributed by atoms with Gasteiger partial charge < -0.3 is 10.4 Å². The number of hydrogen-bond acceptors (Lipinski definition) is 3. The zero-order valence-corrected chi connectivity index (χ0v) is 13.4. The Balaban J connectivity index is 1.73. The van der Waals surface area contributed by atoms with Crippen LogP contribution in [0.1, 0.15) is 41.7 Å². The zero-order chi connectivity index (χ0) is 17.3. The van der Waals surface area contributed by atoms with Crippen LogP contribution in [0.15, 0.2) is 24.3 Å². The van der Waals surface area contributed by atoms with E-state index < -0.39 is 5.97 Å². The number of amides is 1. The Kier molecular flexibility index (Phi) is 4.46. The van der Waals surface area contributed by atoms with Gasteiger partial charge in [-0.2, -0.15) is 0 Å². The van der Waals surface area contributed by atoms with Gasteiger partial charge >= 0.3 is 5.97 Å². The molecule has 0 atom stereocenters. The summed E-state index contributed by atoms with van der Waals surface area (Å²) in [4.78, 5) is 27.8. The Bertz CT molecular complexity index is 798. The fourth-order valence-electron chi connectivity index (χ4n) is 3.21. The molecule has 0 saturated heterocycles. The van der Waals surface area contributed by atoms with Gasteiger partial charge in [-0.1, -0.05) is 0 Å². The van der Waals surface area contributed by atoms with E-state index in [1.54, 1.807) is 19.1 Å². The van der Waals surface area contributed by atoms with Crippen LogP contribution in [0.5, 0.6) is 0 Å². The SMILES string of the molecule is Cc1nc2cc(F)ccc2cc1C(=O)NC1CCC(C(=O)O)CC1. The van der Waals surface area contributed by atoms with Crippen molar-refractivity contribution < 1.29 is 19.1 Å². The van der Waals surface area contributed by atoms with Gasteiger partial charge in [0.2, 0.25) is 0 Å². The molecular formula is C18H19FN2O3. The van der Waals surface area contributed by atoms with Crippen LogP contribution < -0.4 is 5.32 Å². The molecule has 1 aliphatic rings. The fourth-order valence-corrected chi connectivity index (χ4v) is 3.21. The van der Waals surface area contributed by atoms with Crippen LogP contribution in [0.2, 0.25) is 0 Å². The molecular weight excluding hydrogens is 311 g/mol. The summed E-state index contributed by atoms with van der Waals surface area (Å²) in [5.41, 5.74) is 1.53. The Morgan fingerprint density at radius 1 is 1.21 bits per heavy atom. The van der Waals surface area contributed by atoms with E-state index in [1.165, 1.54) is 12.1 Å². The first-order valence-corrected chi connectivity index (χ1v) is 8.04. The summed E-state index contributed by atoms with van der Waals surface area (Å²) < 4.78 is 13.3. The van der Waals surface area contributed by atoms with Crippen LogP contribution in [-0.2, 0) is 4.79 Å². The molecule has 0 unspecified atom stereocenters. The number of nitrogens with zero attached hydrogens (tertiary/aromatic N) is 1. The summed E-state index contributed by atoms with van der Waals surface area (Å²) in [6.07, 6.45) is 2.48. The van der Waals surface area contributed by atoms with Gasteiger partial charge in [-0.25, -0.2) is 4.39 Å². The van der Waals surface area contributed by atoms with Crippen molar-refractivity contribution in [3.63, 3.8) is 0 Å². The van der Waals surface area contributed by atoms with Gasteiger partial charge in [0.15, 0.2) is 0 Å². The fraction of sp³-hybridized carbons (Fsp3) is 0.389. The third-order valence-electron chi connectivity index (χ3n) is 4.63. The minimum Gasteiger partial charge on any atom is -0.481 e. The van der Waals surface area contributed by atoms with E-state index in [0.717, 1.165) is 0 Å². The van der Waals surface area contributed by atoms with E-state index in [1.807, 2.05) is 0 Å². The van der Waals surface area contributed by atoms with Crippen molar-refractivity contribution >= 4 is 22.8 Å². The summed E-state index contributed by atoms with van der Waals surface area (Å²) >= 11 is 0. The van der Waals surface area contributed by atoms with Crippen LogP contribution in [0.4, 0.5) is 4.39 Å². The summed E-state index contributed by atoms with van der Waals surface area (Å²) in [6.45, 7) is 1.72. The van der Waals surface area contributed by atoms with Crippen molar-refractivity contribution in [2.75, 3.05) is 0 Å². The van der Waals surface area contributed by atoms with Gasteiger partial charge in [-0.3, -0.25) is 14.6 Å². The van der Waals surface area contributed by atoms with Gasteiger partial charge in [-0.15, -0.1) is 0 Å². The van der Waals surface area contributed by atoms with Crippen LogP contribution >= 0.6 is 0 Å². The van der Waals surface area contributed by atoms with Crippen LogP contribution in [0.25, 0.3) is 10.9 Å². The third kappa shape index (κ3) is 3.37. The van der Waals surface area contributed by atoms with Gasteiger partial charge in [0, 0.05) is 17.5 Å². The third-order valence-corrected chi connectivity index (χ3v) is 4.63.